The summed E-state index contributed by atoms with van der Waals surface area (Å²) >= 11 is 0. The highest BCUT2D eigenvalue weighted by Gasteiger charge is 2.08. The van der Waals surface area contributed by atoms with E-state index in [0.29, 0.717) is 0 Å². The molecule has 0 atom stereocenters. The summed E-state index contributed by atoms with van der Waals surface area (Å²) in [5.74, 6) is 1.68. The van der Waals surface area contributed by atoms with Gasteiger partial charge >= 0.3 is 0 Å². The number of rotatable bonds is 5. The number of benzene rings is 3. The molecule has 3 aromatic carbocycles. The van der Waals surface area contributed by atoms with Crippen molar-refractivity contribution in [3.05, 3.63) is 78.4 Å². The molecule has 0 saturated heterocycles. The van der Waals surface area contributed by atoms with Crippen LogP contribution in [0.4, 0.5) is 5.69 Å². The Hall–Kier alpha value is -3.07. The van der Waals surface area contributed by atoms with Crippen LogP contribution in [0.2, 0.25) is 0 Å². The molecule has 25 heavy (non-hydrogen) atoms. The maximum absolute atomic E-state index is 5.25. The van der Waals surface area contributed by atoms with Crippen molar-refractivity contribution in [3.63, 3.8) is 0 Å². The van der Waals surface area contributed by atoms with Crippen LogP contribution in [-0.4, -0.2) is 19.9 Å². The third-order valence-electron chi connectivity index (χ3n) is 4.09. The van der Waals surface area contributed by atoms with Crippen molar-refractivity contribution in [2.45, 2.75) is 6.92 Å². The lowest BCUT2D eigenvalue weighted by molar-refractivity contribution is 0.415. The summed E-state index contributed by atoms with van der Waals surface area (Å²) in [5, 5.41) is 0. The number of nitrogens with zero attached hydrogens (tertiary/aromatic N) is 1. The zero-order chi connectivity index (χ0) is 17.6. The highest BCUT2D eigenvalue weighted by Crippen LogP contribution is 2.27. The number of aliphatic imine (C=N–C) groups is 1. The summed E-state index contributed by atoms with van der Waals surface area (Å²) in [5.41, 5.74) is 5.28. The fourth-order valence-electron chi connectivity index (χ4n) is 2.73. The van der Waals surface area contributed by atoms with Gasteiger partial charge < -0.3 is 9.47 Å². The van der Waals surface area contributed by atoms with Crippen LogP contribution in [0.3, 0.4) is 0 Å². The third kappa shape index (κ3) is 3.89. The maximum atomic E-state index is 5.25. The van der Waals surface area contributed by atoms with Gasteiger partial charge in [0, 0.05) is 11.3 Å². The van der Waals surface area contributed by atoms with Crippen LogP contribution in [0.5, 0.6) is 11.5 Å². The summed E-state index contributed by atoms with van der Waals surface area (Å²) in [7, 11) is 3.34. The number of ether oxygens (including phenoxy) is 2. The highest BCUT2D eigenvalue weighted by molar-refractivity contribution is 6.05. The molecular weight excluding hydrogens is 310 g/mol. The van der Waals surface area contributed by atoms with Gasteiger partial charge in [-0.05, 0) is 54.4 Å². The molecule has 0 aliphatic carbocycles. The largest absolute Gasteiger partial charge is 0.497 e. The van der Waals surface area contributed by atoms with Gasteiger partial charge in [-0.25, -0.2) is 0 Å². The van der Waals surface area contributed by atoms with Crippen LogP contribution in [0.1, 0.15) is 12.5 Å². The second-order valence-corrected chi connectivity index (χ2v) is 5.67. The molecule has 0 bridgehead atoms. The number of hydrogen-bond donors (Lipinski definition) is 0. The second kappa shape index (κ2) is 7.67. The Morgan fingerprint density at radius 1 is 0.720 bits per heavy atom. The van der Waals surface area contributed by atoms with Crippen molar-refractivity contribution < 1.29 is 9.47 Å². The summed E-state index contributed by atoms with van der Waals surface area (Å²) in [4.78, 5) is 4.76. The predicted octanol–water partition coefficient (Wildman–Crippen LogP) is 5.51. The third-order valence-corrected chi connectivity index (χ3v) is 4.09. The first-order valence-electron chi connectivity index (χ1n) is 8.14. The Morgan fingerprint density at radius 3 is 1.88 bits per heavy atom. The normalized spacial score (nSPS) is 11.2. The summed E-state index contributed by atoms with van der Waals surface area (Å²) in [6, 6.07) is 24.1. The van der Waals surface area contributed by atoms with Crippen molar-refractivity contribution in [2.75, 3.05) is 14.2 Å². The fourth-order valence-corrected chi connectivity index (χ4v) is 2.73. The van der Waals surface area contributed by atoms with Crippen LogP contribution >= 0.6 is 0 Å². The van der Waals surface area contributed by atoms with E-state index in [4.69, 9.17) is 14.5 Å². The summed E-state index contributed by atoms with van der Waals surface area (Å²) in [6.45, 7) is 2.03. The van der Waals surface area contributed by atoms with E-state index in [0.717, 1.165) is 39.6 Å². The second-order valence-electron chi connectivity index (χ2n) is 5.67. The molecule has 0 fully saturated rings. The van der Waals surface area contributed by atoms with Gasteiger partial charge in [-0.15, -0.1) is 0 Å². The average Bonchev–Trinajstić information content (AvgIpc) is 2.68. The summed E-state index contributed by atoms with van der Waals surface area (Å²) < 4.78 is 10.4. The van der Waals surface area contributed by atoms with Gasteiger partial charge in [0.15, 0.2) is 0 Å². The van der Waals surface area contributed by atoms with Gasteiger partial charge in [0.05, 0.1) is 19.9 Å². The molecule has 3 nitrogen and oxygen atoms in total. The zero-order valence-electron chi connectivity index (χ0n) is 14.7. The standard InChI is InChI=1S/C22H21NO2/c1-16(23-18-10-14-20(25-3)15-11-18)21-6-4-5-7-22(21)17-8-12-19(24-2)13-9-17/h4-15H,1-3H3. The molecule has 0 spiro atoms. The van der Waals surface area contributed by atoms with Gasteiger partial charge in [0.2, 0.25) is 0 Å². The van der Waals surface area contributed by atoms with E-state index in [1.807, 2.05) is 55.5 Å². The van der Waals surface area contributed by atoms with Crippen LogP contribution in [0.15, 0.2) is 77.8 Å². The lowest BCUT2D eigenvalue weighted by Gasteiger charge is -2.10. The van der Waals surface area contributed by atoms with Crippen molar-refractivity contribution in [1.82, 2.24) is 0 Å². The molecule has 3 rings (SSSR count). The molecule has 0 radical (unpaired) electrons. The lowest BCUT2D eigenvalue weighted by Crippen LogP contribution is -1.97. The first kappa shape index (κ1) is 16.8. The Kier molecular flexibility index (Phi) is 5.14. The van der Waals surface area contributed by atoms with Gasteiger partial charge in [-0.3, -0.25) is 4.99 Å². The average molecular weight is 331 g/mol. The minimum absolute atomic E-state index is 0.829. The van der Waals surface area contributed by atoms with Crippen LogP contribution in [-0.2, 0) is 0 Å². The number of methoxy groups -OCH3 is 2. The van der Waals surface area contributed by atoms with Gasteiger partial charge in [0.25, 0.3) is 0 Å². The Bertz CT molecular complexity index is 865. The van der Waals surface area contributed by atoms with Crippen molar-refractivity contribution in [3.8, 4) is 22.6 Å². The lowest BCUT2D eigenvalue weighted by atomic mass is 9.97. The maximum Gasteiger partial charge on any atom is 0.119 e. The Balaban J connectivity index is 1.97. The van der Waals surface area contributed by atoms with Crippen molar-refractivity contribution >= 4 is 11.4 Å². The van der Waals surface area contributed by atoms with Crippen molar-refractivity contribution in [1.29, 1.82) is 0 Å². The van der Waals surface area contributed by atoms with Crippen LogP contribution in [0, 0.1) is 0 Å². The monoisotopic (exact) mass is 331 g/mol. The molecule has 0 N–H and O–H groups in total. The van der Waals surface area contributed by atoms with E-state index in [9.17, 15) is 0 Å². The molecule has 0 aliphatic heterocycles. The minimum Gasteiger partial charge on any atom is -0.497 e. The number of hydrogen-bond acceptors (Lipinski definition) is 3. The van der Waals surface area contributed by atoms with E-state index < -0.39 is 0 Å². The first-order valence-corrected chi connectivity index (χ1v) is 8.14. The Labute approximate surface area is 148 Å². The molecule has 0 amide bonds. The van der Waals surface area contributed by atoms with Gasteiger partial charge in [0.1, 0.15) is 11.5 Å². The van der Waals surface area contributed by atoms with Crippen molar-refractivity contribution in [2.24, 2.45) is 4.99 Å². The first-order chi connectivity index (χ1) is 12.2. The van der Waals surface area contributed by atoms with E-state index in [2.05, 4.69) is 24.3 Å². The molecular formula is C22H21NO2. The minimum atomic E-state index is 0.829. The zero-order valence-corrected chi connectivity index (χ0v) is 14.7. The highest BCUT2D eigenvalue weighted by atomic mass is 16.5. The SMILES string of the molecule is COc1ccc(N=C(C)c2ccccc2-c2ccc(OC)cc2)cc1. The molecule has 0 heterocycles. The molecule has 0 unspecified atom stereocenters. The predicted molar refractivity (Wildman–Crippen MR) is 103 cm³/mol. The van der Waals surface area contributed by atoms with Crippen LogP contribution in [0.25, 0.3) is 11.1 Å². The molecule has 3 heteroatoms. The molecule has 0 aliphatic rings. The molecule has 3 aromatic rings. The molecule has 0 aromatic heterocycles. The van der Waals surface area contributed by atoms with E-state index >= 15 is 0 Å². The van der Waals surface area contributed by atoms with Gasteiger partial charge in [-0.1, -0.05) is 36.4 Å². The van der Waals surface area contributed by atoms with Gasteiger partial charge in [-0.2, -0.15) is 0 Å². The van der Waals surface area contributed by atoms with E-state index in [1.165, 1.54) is 0 Å². The van der Waals surface area contributed by atoms with E-state index in [1.54, 1.807) is 14.2 Å². The smallest absolute Gasteiger partial charge is 0.119 e. The quantitative estimate of drug-likeness (QED) is 0.577. The summed E-state index contributed by atoms with van der Waals surface area (Å²) in [6.07, 6.45) is 0. The Morgan fingerprint density at radius 2 is 1.28 bits per heavy atom. The molecule has 126 valence electrons. The fraction of sp³-hybridized carbons (Fsp3) is 0.136. The molecule has 0 saturated carbocycles. The topological polar surface area (TPSA) is 30.8 Å². The van der Waals surface area contributed by atoms with E-state index in [-0.39, 0.29) is 0 Å². The van der Waals surface area contributed by atoms with Crippen LogP contribution < -0.4 is 9.47 Å².